The molecule has 0 saturated carbocycles. The largest absolute Gasteiger partial charge is 0.497 e. The van der Waals surface area contributed by atoms with Crippen LogP contribution < -0.4 is 10.5 Å². The molecule has 0 aliphatic rings. The van der Waals surface area contributed by atoms with Crippen molar-refractivity contribution in [3.05, 3.63) is 34.8 Å². The highest BCUT2D eigenvalue weighted by Gasteiger charge is 2.03. The van der Waals surface area contributed by atoms with Crippen molar-refractivity contribution in [2.45, 2.75) is 0 Å². The predicted molar refractivity (Wildman–Crippen MR) is 58.8 cm³/mol. The third-order valence-electron chi connectivity index (χ3n) is 1.80. The molecular weight excluding hydrogens is 230 g/mol. The standard InChI is InChI=1S/C10H12BrNO/c1-7(6-12)9-5-8(13-2)3-4-10(9)11/h3-5H,1,6,12H2,2H3. The first-order valence-corrected chi connectivity index (χ1v) is 4.70. The molecule has 13 heavy (non-hydrogen) atoms. The van der Waals surface area contributed by atoms with Crippen LogP contribution in [0.5, 0.6) is 5.75 Å². The minimum atomic E-state index is 0.450. The Bertz CT molecular complexity index is 323. The Morgan fingerprint density at radius 3 is 2.85 bits per heavy atom. The summed E-state index contributed by atoms with van der Waals surface area (Å²) in [5, 5.41) is 0. The van der Waals surface area contributed by atoms with Crippen LogP contribution in [-0.2, 0) is 0 Å². The molecule has 3 heteroatoms. The van der Waals surface area contributed by atoms with Crippen molar-refractivity contribution in [3.8, 4) is 5.75 Å². The maximum Gasteiger partial charge on any atom is 0.119 e. The SMILES string of the molecule is C=C(CN)c1cc(OC)ccc1Br. The number of rotatable bonds is 3. The van der Waals surface area contributed by atoms with Crippen LogP contribution in [0.25, 0.3) is 5.57 Å². The lowest BCUT2D eigenvalue weighted by atomic mass is 10.1. The Hall–Kier alpha value is -0.800. The van der Waals surface area contributed by atoms with Crippen LogP contribution in [-0.4, -0.2) is 13.7 Å². The van der Waals surface area contributed by atoms with Crippen molar-refractivity contribution in [1.29, 1.82) is 0 Å². The monoisotopic (exact) mass is 241 g/mol. The van der Waals surface area contributed by atoms with Gasteiger partial charge in [0.15, 0.2) is 0 Å². The number of hydrogen-bond acceptors (Lipinski definition) is 2. The van der Waals surface area contributed by atoms with E-state index in [1.54, 1.807) is 7.11 Å². The summed E-state index contributed by atoms with van der Waals surface area (Å²) in [6.07, 6.45) is 0. The van der Waals surface area contributed by atoms with Crippen LogP contribution in [0.2, 0.25) is 0 Å². The maximum absolute atomic E-state index is 5.50. The van der Waals surface area contributed by atoms with Gasteiger partial charge < -0.3 is 10.5 Å². The van der Waals surface area contributed by atoms with Gasteiger partial charge in [-0.25, -0.2) is 0 Å². The van der Waals surface area contributed by atoms with Crippen molar-refractivity contribution >= 4 is 21.5 Å². The Labute approximate surface area is 86.5 Å². The lowest BCUT2D eigenvalue weighted by Gasteiger charge is -2.07. The van der Waals surface area contributed by atoms with E-state index < -0.39 is 0 Å². The zero-order valence-electron chi connectivity index (χ0n) is 7.51. The Morgan fingerprint density at radius 1 is 1.62 bits per heavy atom. The van der Waals surface area contributed by atoms with Gasteiger partial charge in [0.05, 0.1) is 7.11 Å². The van der Waals surface area contributed by atoms with Crippen molar-refractivity contribution in [2.75, 3.05) is 13.7 Å². The molecule has 1 rings (SSSR count). The summed E-state index contributed by atoms with van der Waals surface area (Å²) < 4.78 is 6.09. The molecule has 0 fully saturated rings. The number of benzene rings is 1. The van der Waals surface area contributed by atoms with E-state index in [0.717, 1.165) is 21.4 Å². The average Bonchev–Trinajstić information content (AvgIpc) is 2.17. The first-order valence-electron chi connectivity index (χ1n) is 3.90. The van der Waals surface area contributed by atoms with Crippen molar-refractivity contribution in [2.24, 2.45) is 5.73 Å². The van der Waals surface area contributed by atoms with Crippen molar-refractivity contribution in [1.82, 2.24) is 0 Å². The number of hydrogen-bond donors (Lipinski definition) is 1. The smallest absolute Gasteiger partial charge is 0.119 e. The molecule has 70 valence electrons. The zero-order chi connectivity index (χ0) is 9.84. The summed E-state index contributed by atoms with van der Waals surface area (Å²) >= 11 is 3.43. The lowest BCUT2D eigenvalue weighted by molar-refractivity contribution is 0.414. The van der Waals surface area contributed by atoms with Gasteiger partial charge in [0, 0.05) is 11.0 Å². The molecule has 0 saturated heterocycles. The third kappa shape index (κ3) is 2.32. The van der Waals surface area contributed by atoms with Gasteiger partial charge in [-0.15, -0.1) is 0 Å². The molecular formula is C10H12BrNO. The van der Waals surface area contributed by atoms with E-state index in [2.05, 4.69) is 22.5 Å². The Balaban J connectivity index is 3.11. The molecule has 2 nitrogen and oxygen atoms in total. The maximum atomic E-state index is 5.50. The highest BCUT2D eigenvalue weighted by molar-refractivity contribution is 9.10. The molecule has 1 aromatic rings. The molecule has 0 spiro atoms. The fourth-order valence-electron chi connectivity index (χ4n) is 1.01. The van der Waals surface area contributed by atoms with Gasteiger partial charge in [0.2, 0.25) is 0 Å². The van der Waals surface area contributed by atoms with E-state index >= 15 is 0 Å². The van der Waals surface area contributed by atoms with Gasteiger partial charge in [-0.05, 0) is 29.3 Å². The second kappa shape index (κ2) is 4.44. The summed E-state index contributed by atoms with van der Waals surface area (Å²) in [5.74, 6) is 0.813. The van der Waals surface area contributed by atoms with Gasteiger partial charge in [-0.2, -0.15) is 0 Å². The van der Waals surface area contributed by atoms with Crippen LogP contribution >= 0.6 is 15.9 Å². The Morgan fingerprint density at radius 2 is 2.31 bits per heavy atom. The molecule has 0 unspecified atom stereocenters. The first kappa shape index (κ1) is 10.3. The number of ether oxygens (including phenoxy) is 1. The van der Waals surface area contributed by atoms with Gasteiger partial charge in [0.25, 0.3) is 0 Å². The van der Waals surface area contributed by atoms with Crippen molar-refractivity contribution in [3.63, 3.8) is 0 Å². The average molecular weight is 242 g/mol. The molecule has 0 aliphatic carbocycles. The van der Waals surface area contributed by atoms with Gasteiger partial charge in [-0.3, -0.25) is 0 Å². The van der Waals surface area contributed by atoms with Crippen LogP contribution in [0.1, 0.15) is 5.56 Å². The van der Waals surface area contributed by atoms with E-state index in [0.29, 0.717) is 6.54 Å². The summed E-state index contributed by atoms with van der Waals surface area (Å²) in [5.41, 5.74) is 7.40. The molecule has 0 aliphatic heterocycles. The lowest BCUT2D eigenvalue weighted by Crippen LogP contribution is -2.01. The van der Waals surface area contributed by atoms with E-state index in [-0.39, 0.29) is 0 Å². The second-order valence-corrected chi connectivity index (χ2v) is 3.51. The van der Waals surface area contributed by atoms with E-state index in [4.69, 9.17) is 10.5 Å². The quantitative estimate of drug-likeness (QED) is 0.883. The van der Waals surface area contributed by atoms with Crippen molar-refractivity contribution < 1.29 is 4.74 Å². The van der Waals surface area contributed by atoms with Gasteiger partial charge in [0.1, 0.15) is 5.75 Å². The van der Waals surface area contributed by atoms with Crippen LogP contribution in [0, 0.1) is 0 Å². The third-order valence-corrected chi connectivity index (χ3v) is 2.49. The zero-order valence-corrected chi connectivity index (χ0v) is 9.10. The first-order chi connectivity index (χ1) is 6.19. The number of methoxy groups -OCH3 is 1. The highest BCUT2D eigenvalue weighted by atomic mass is 79.9. The number of nitrogens with two attached hydrogens (primary N) is 1. The topological polar surface area (TPSA) is 35.2 Å². The van der Waals surface area contributed by atoms with E-state index in [1.165, 1.54) is 0 Å². The summed E-state index contributed by atoms with van der Waals surface area (Å²) in [6.45, 7) is 4.32. The highest BCUT2D eigenvalue weighted by Crippen LogP contribution is 2.26. The predicted octanol–water partition coefficient (Wildman–Crippen LogP) is 2.43. The molecule has 0 atom stereocenters. The minimum Gasteiger partial charge on any atom is -0.497 e. The van der Waals surface area contributed by atoms with Crippen LogP contribution in [0.4, 0.5) is 0 Å². The Kier molecular flexibility index (Phi) is 3.51. The normalized spacial score (nSPS) is 9.77. The summed E-state index contributed by atoms with van der Waals surface area (Å²) in [7, 11) is 1.64. The molecule has 0 bridgehead atoms. The van der Waals surface area contributed by atoms with Gasteiger partial charge in [-0.1, -0.05) is 22.5 Å². The molecule has 1 aromatic carbocycles. The minimum absolute atomic E-state index is 0.450. The van der Waals surface area contributed by atoms with Crippen LogP contribution in [0.3, 0.4) is 0 Å². The van der Waals surface area contributed by atoms with E-state index in [1.807, 2.05) is 18.2 Å². The fraction of sp³-hybridized carbons (Fsp3) is 0.200. The van der Waals surface area contributed by atoms with Gasteiger partial charge >= 0.3 is 0 Å². The molecule has 2 N–H and O–H groups in total. The molecule has 0 heterocycles. The molecule has 0 aromatic heterocycles. The van der Waals surface area contributed by atoms with E-state index in [9.17, 15) is 0 Å². The molecule has 0 radical (unpaired) electrons. The number of halogens is 1. The second-order valence-electron chi connectivity index (χ2n) is 2.65. The van der Waals surface area contributed by atoms with Crippen LogP contribution in [0.15, 0.2) is 29.3 Å². The summed E-state index contributed by atoms with van der Waals surface area (Å²) in [6, 6.07) is 5.73. The molecule has 0 amide bonds. The fourth-order valence-corrected chi connectivity index (χ4v) is 1.54. The summed E-state index contributed by atoms with van der Waals surface area (Å²) in [4.78, 5) is 0.